The van der Waals surface area contributed by atoms with Crippen molar-refractivity contribution in [3.05, 3.63) is 24.3 Å². The quantitative estimate of drug-likeness (QED) is 0.841. The van der Waals surface area contributed by atoms with Gasteiger partial charge in [0.1, 0.15) is 0 Å². The van der Waals surface area contributed by atoms with Crippen LogP contribution in [0.4, 0.5) is 5.69 Å². The van der Waals surface area contributed by atoms with E-state index in [1.165, 1.54) is 4.90 Å². The first-order valence-electron chi connectivity index (χ1n) is 6.94. The molecule has 1 heterocycles. The number of rotatable bonds is 5. The number of nitrogens with zero attached hydrogens (tertiary/aromatic N) is 1. The maximum absolute atomic E-state index is 12.3. The molecule has 0 saturated carbocycles. The van der Waals surface area contributed by atoms with E-state index < -0.39 is 0 Å². The fraction of sp³-hybridized carbons (Fsp3) is 0.533. The van der Waals surface area contributed by atoms with Crippen molar-refractivity contribution in [1.82, 2.24) is 5.32 Å². The Morgan fingerprint density at radius 2 is 2.21 bits per heavy atom. The molecule has 0 bridgehead atoms. The third kappa shape index (κ3) is 3.98. The molecule has 0 unspecified atom stereocenters. The number of hydrogen-bond donors (Lipinski definition) is 1. The molecule has 1 N–H and O–H groups in total. The van der Waals surface area contributed by atoms with Crippen molar-refractivity contribution < 1.29 is 4.79 Å². The minimum absolute atomic E-state index is 0.248. The molecule has 3 nitrogen and oxygen atoms in total. The lowest BCUT2D eigenvalue weighted by atomic mass is 10.2. The molecule has 104 valence electrons. The molecule has 1 aliphatic rings. The molecular weight excluding hydrogens is 256 g/mol. The van der Waals surface area contributed by atoms with Gasteiger partial charge in [-0.15, -0.1) is 11.8 Å². The lowest BCUT2D eigenvalue weighted by Crippen LogP contribution is -2.35. The molecule has 2 rings (SSSR count). The van der Waals surface area contributed by atoms with Crippen molar-refractivity contribution in [2.45, 2.75) is 37.6 Å². The topological polar surface area (TPSA) is 32.3 Å². The average molecular weight is 278 g/mol. The number of fused-ring (bicyclic) bond motifs is 1. The van der Waals surface area contributed by atoms with Gasteiger partial charge in [0.15, 0.2) is 0 Å². The van der Waals surface area contributed by atoms with Crippen LogP contribution < -0.4 is 10.2 Å². The normalized spacial score (nSPS) is 14.6. The zero-order valence-corrected chi connectivity index (χ0v) is 12.5. The summed E-state index contributed by atoms with van der Waals surface area (Å²) in [6.07, 6.45) is 1.53. The van der Waals surface area contributed by atoms with Crippen LogP contribution in [0.2, 0.25) is 0 Å². The Morgan fingerprint density at radius 1 is 1.42 bits per heavy atom. The summed E-state index contributed by atoms with van der Waals surface area (Å²) >= 11 is 1.84. The van der Waals surface area contributed by atoms with Gasteiger partial charge in [0, 0.05) is 29.7 Å². The number of amides is 1. The van der Waals surface area contributed by atoms with E-state index in [1.807, 2.05) is 34.9 Å². The van der Waals surface area contributed by atoms with Gasteiger partial charge in [0.2, 0.25) is 5.91 Å². The number of carbonyl (C=O) groups is 1. The molecule has 1 aliphatic heterocycles. The molecule has 0 atom stereocenters. The van der Waals surface area contributed by atoms with Gasteiger partial charge in [0.25, 0.3) is 0 Å². The number of hydrogen-bond acceptors (Lipinski definition) is 3. The van der Waals surface area contributed by atoms with E-state index in [4.69, 9.17) is 0 Å². The third-order valence-electron chi connectivity index (χ3n) is 3.15. The van der Waals surface area contributed by atoms with E-state index in [-0.39, 0.29) is 5.91 Å². The summed E-state index contributed by atoms with van der Waals surface area (Å²) in [5.41, 5.74) is 1.08. The van der Waals surface area contributed by atoms with Crippen molar-refractivity contribution in [2.75, 3.05) is 23.7 Å². The Balaban J connectivity index is 1.90. The van der Waals surface area contributed by atoms with Crippen LogP contribution in [-0.2, 0) is 4.79 Å². The van der Waals surface area contributed by atoms with Crippen molar-refractivity contribution in [2.24, 2.45) is 0 Å². The number of carbonyl (C=O) groups excluding carboxylic acids is 1. The van der Waals surface area contributed by atoms with Crippen molar-refractivity contribution >= 4 is 23.4 Å². The summed E-state index contributed by atoms with van der Waals surface area (Å²) in [4.78, 5) is 15.5. The third-order valence-corrected chi connectivity index (χ3v) is 4.19. The highest BCUT2D eigenvalue weighted by atomic mass is 32.2. The number of nitrogens with one attached hydrogen (secondary N) is 1. The monoisotopic (exact) mass is 278 g/mol. The molecule has 0 radical (unpaired) electrons. The fourth-order valence-electron chi connectivity index (χ4n) is 2.19. The van der Waals surface area contributed by atoms with Crippen LogP contribution in [0.15, 0.2) is 29.2 Å². The predicted molar refractivity (Wildman–Crippen MR) is 81.9 cm³/mol. The summed E-state index contributed by atoms with van der Waals surface area (Å²) in [6, 6.07) is 8.67. The van der Waals surface area contributed by atoms with E-state index in [2.05, 4.69) is 25.2 Å². The number of thioether (sulfide) groups is 1. The molecule has 0 aliphatic carbocycles. The Kier molecular flexibility index (Phi) is 5.28. The van der Waals surface area contributed by atoms with Crippen LogP contribution >= 0.6 is 11.8 Å². The maximum Gasteiger partial charge on any atom is 0.227 e. The van der Waals surface area contributed by atoms with Crippen LogP contribution in [0.5, 0.6) is 0 Å². The average Bonchev–Trinajstić information content (AvgIpc) is 2.42. The minimum Gasteiger partial charge on any atom is -0.315 e. The Morgan fingerprint density at radius 3 is 3.00 bits per heavy atom. The van der Waals surface area contributed by atoms with Crippen LogP contribution in [-0.4, -0.2) is 30.8 Å². The van der Waals surface area contributed by atoms with Gasteiger partial charge in [0.05, 0.1) is 5.69 Å². The highest BCUT2D eigenvalue weighted by molar-refractivity contribution is 7.99. The smallest absolute Gasteiger partial charge is 0.227 e. The van der Waals surface area contributed by atoms with E-state index in [0.29, 0.717) is 12.5 Å². The van der Waals surface area contributed by atoms with Gasteiger partial charge >= 0.3 is 0 Å². The van der Waals surface area contributed by atoms with Gasteiger partial charge in [-0.05, 0) is 25.1 Å². The molecule has 0 fully saturated rings. The second kappa shape index (κ2) is 6.96. The van der Waals surface area contributed by atoms with Crippen LogP contribution in [0, 0.1) is 0 Å². The molecular formula is C15H22N2OS. The first-order chi connectivity index (χ1) is 9.18. The zero-order chi connectivity index (χ0) is 13.7. The molecule has 1 aromatic carbocycles. The predicted octanol–water partition coefficient (Wildman–Crippen LogP) is 2.90. The van der Waals surface area contributed by atoms with Gasteiger partial charge < -0.3 is 10.2 Å². The van der Waals surface area contributed by atoms with Crippen LogP contribution in [0.1, 0.15) is 26.7 Å². The molecule has 0 aromatic heterocycles. The first-order valence-corrected chi connectivity index (χ1v) is 7.92. The highest BCUT2D eigenvalue weighted by Crippen LogP contribution is 2.34. The molecule has 1 amide bonds. The van der Waals surface area contributed by atoms with Crippen molar-refractivity contribution in [3.63, 3.8) is 0 Å². The largest absolute Gasteiger partial charge is 0.315 e. The van der Waals surface area contributed by atoms with E-state index in [0.717, 1.165) is 31.0 Å². The summed E-state index contributed by atoms with van der Waals surface area (Å²) in [5.74, 6) is 1.24. The number of benzene rings is 1. The number of anilines is 1. The standard InChI is InChI=1S/C15H22N2OS/c1-12(2)16-9-5-8-15(18)17-10-11-19-14-7-4-3-6-13(14)17/h3-4,6-7,12,16H,5,8-11H2,1-2H3. The minimum atomic E-state index is 0.248. The van der Waals surface area contributed by atoms with Gasteiger partial charge in [-0.2, -0.15) is 0 Å². The Hall–Kier alpha value is -1.00. The molecule has 0 saturated heterocycles. The number of para-hydroxylation sites is 1. The molecule has 0 spiro atoms. The van der Waals surface area contributed by atoms with E-state index in [1.54, 1.807) is 0 Å². The fourth-order valence-corrected chi connectivity index (χ4v) is 3.19. The molecule has 19 heavy (non-hydrogen) atoms. The molecule has 1 aromatic rings. The highest BCUT2D eigenvalue weighted by Gasteiger charge is 2.21. The summed E-state index contributed by atoms with van der Waals surface area (Å²) < 4.78 is 0. The van der Waals surface area contributed by atoms with E-state index >= 15 is 0 Å². The summed E-state index contributed by atoms with van der Waals surface area (Å²) in [7, 11) is 0. The second-order valence-electron chi connectivity index (χ2n) is 5.07. The lowest BCUT2D eigenvalue weighted by Gasteiger charge is -2.29. The molecule has 4 heteroatoms. The maximum atomic E-state index is 12.3. The van der Waals surface area contributed by atoms with Crippen molar-refractivity contribution in [1.29, 1.82) is 0 Å². The lowest BCUT2D eigenvalue weighted by molar-refractivity contribution is -0.118. The zero-order valence-electron chi connectivity index (χ0n) is 11.7. The summed E-state index contributed by atoms with van der Waals surface area (Å²) in [6.45, 7) is 5.99. The Labute approximate surface area is 119 Å². The van der Waals surface area contributed by atoms with Gasteiger partial charge in [-0.3, -0.25) is 4.79 Å². The van der Waals surface area contributed by atoms with Gasteiger partial charge in [-0.25, -0.2) is 0 Å². The Bertz CT molecular complexity index is 434. The van der Waals surface area contributed by atoms with Gasteiger partial charge in [-0.1, -0.05) is 26.0 Å². The van der Waals surface area contributed by atoms with E-state index in [9.17, 15) is 4.79 Å². The van der Waals surface area contributed by atoms with Crippen LogP contribution in [0.25, 0.3) is 0 Å². The van der Waals surface area contributed by atoms with Crippen LogP contribution in [0.3, 0.4) is 0 Å². The second-order valence-corrected chi connectivity index (χ2v) is 6.21. The van der Waals surface area contributed by atoms with Crippen molar-refractivity contribution in [3.8, 4) is 0 Å². The SMILES string of the molecule is CC(C)NCCCC(=O)N1CCSc2ccccc21. The first kappa shape index (κ1) is 14.4. The summed E-state index contributed by atoms with van der Waals surface area (Å²) in [5, 5.41) is 3.35.